The van der Waals surface area contributed by atoms with Crippen molar-refractivity contribution in [1.82, 2.24) is 0 Å². The summed E-state index contributed by atoms with van der Waals surface area (Å²) < 4.78 is 40.5. The number of alkyl halides is 3. The highest BCUT2D eigenvalue weighted by molar-refractivity contribution is 5.81. The number of hydrogen-bond acceptors (Lipinski definition) is 4. The molecule has 2 aromatic rings. The normalized spacial score (nSPS) is 14.2. The summed E-state index contributed by atoms with van der Waals surface area (Å²) in [4.78, 5) is 2.04. The largest absolute Gasteiger partial charge is 0.573 e. The van der Waals surface area contributed by atoms with Crippen molar-refractivity contribution in [3.8, 4) is 16.9 Å². The Bertz CT molecular complexity index is 752. The lowest BCUT2D eigenvalue weighted by molar-refractivity contribution is -0.274. The Balaban J connectivity index is 1.79. The Hall–Kier alpha value is -2.41. The van der Waals surface area contributed by atoms with Gasteiger partial charge >= 0.3 is 6.36 Å². The Labute approximate surface area is 143 Å². The van der Waals surface area contributed by atoms with Crippen LogP contribution in [0.15, 0.2) is 42.5 Å². The minimum Gasteiger partial charge on any atom is -0.406 e. The van der Waals surface area contributed by atoms with Gasteiger partial charge in [-0.2, -0.15) is 0 Å². The second-order valence-electron chi connectivity index (χ2n) is 6.65. The summed E-state index contributed by atoms with van der Waals surface area (Å²) in [6, 6.07) is 11.6. The first-order chi connectivity index (χ1) is 11.6. The quantitative estimate of drug-likeness (QED) is 0.865. The van der Waals surface area contributed by atoms with Gasteiger partial charge in [0.05, 0.1) is 23.6 Å². The van der Waals surface area contributed by atoms with Gasteiger partial charge < -0.3 is 20.1 Å². The topological polar surface area (TPSA) is 44.7 Å². The number of rotatable bonds is 4. The molecule has 134 valence electrons. The van der Waals surface area contributed by atoms with Gasteiger partial charge in [-0.15, -0.1) is 13.2 Å². The van der Waals surface area contributed by atoms with Crippen molar-refractivity contribution in [1.29, 1.82) is 0 Å². The molecule has 0 spiro atoms. The SMILES string of the molecule is CC(C)(O)CN1CNc2cc(-c3ccc(OC(F)(F)F)cc3)ccc21. The van der Waals surface area contributed by atoms with E-state index in [1.807, 2.05) is 23.1 Å². The summed E-state index contributed by atoms with van der Waals surface area (Å²) in [7, 11) is 0. The van der Waals surface area contributed by atoms with Crippen molar-refractivity contribution >= 4 is 11.4 Å². The highest BCUT2D eigenvalue weighted by atomic mass is 19.4. The predicted molar refractivity (Wildman–Crippen MR) is 90.7 cm³/mol. The van der Waals surface area contributed by atoms with Gasteiger partial charge in [-0.1, -0.05) is 18.2 Å². The van der Waals surface area contributed by atoms with Gasteiger partial charge in [0.1, 0.15) is 5.75 Å². The fourth-order valence-corrected chi connectivity index (χ4v) is 2.86. The third kappa shape index (κ3) is 4.36. The van der Waals surface area contributed by atoms with Crippen LogP contribution in [0.2, 0.25) is 0 Å². The summed E-state index contributed by atoms with van der Waals surface area (Å²) in [5.74, 6) is -0.244. The third-order valence-corrected chi connectivity index (χ3v) is 3.80. The molecule has 0 saturated carbocycles. The number of halogens is 3. The predicted octanol–water partition coefficient (Wildman–Crippen LogP) is 4.21. The number of fused-ring (bicyclic) bond motifs is 1. The van der Waals surface area contributed by atoms with Crippen LogP contribution in [0.4, 0.5) is 24.5 Å². The molecule has 1 heterocycles. The molecule has 0 bridgehead atoms. The van der Waals surface area contributed by atoms with Crippen molar-refractivity contribution in [3.05, 3.63) is 42.5 Å². The molecule has 0 atom stereocenters. The summed E-state index contributed by atoms with van der Waals surface area (Å²) in [6.45, 7) is 4.60. The maximum Gasteiger partial charge on any atom is 0.573 e. The third-order valence-electron chi connectivity index (χ3n) is 3.80. The van der Waals surface area contributed by atoms with Crippen LogP contribution < -0.4 is 15.0 Å². The number of anilines is 2. The zero-order valence-corrected chi connectivity index (χ0v) is 13.9. The monoisotopic (exact) mass is 352 g/mol. The van der Waals surface area contributed by atoms with Crippen LogP contribution in [-0.4, -0.2) is 30.3 Å². The molecule has 0 saturated heterocycles. The fraction of sp³-hybridized carbons (Fsp3) is 0.333. The number of β-amino-alcohol motifs (C(OH)–C–C–N with tert-alkyl or cyclic N) is 1. The lowest BCUT2D eigenvalue weighted by atomic mass is 10.0. The number of aliphatic hydroxyl groups is 1. The second kappa shape index (κ2) is 6.15. The lowest BCUT2D eigenvalue weighted by Gasteiger charge is -2.26. The summed E-state index contributed by atoms with van der Waals surface area (Å²) in [6.07, 6.45) is -4.69. The van der Waals surface area contributed by atoms with E-state index < -0.39 is 12.0 Å². The molecule has 0 radical (unpaired) electrons. The van der Waals surface area contributed by atoms with E-state index in [0.717, 1.165) is 22.5 Å². The molecule has 0 fully saturated rings. The van der Waals surface area contributed by atoms with E-state index in [-0.39, 0.29) is 5.75 Å². The van der Waals surface area contributed by atoms with Gasteiger partial charge in [0.25, 0.3) is 0 Å². The van der Waals surface area contributed by atoms with Crippen molar-refractivity contribution in [2.45, 2.75) is 25.8 Å². The molecular formula is C18H19F3N2O2. The Morgan fingerprint density at radius 2 is 1.72 bits per heavy atom. The number of ether oxygens (including phenoxy) is 1. The van der Waals surface area contributed by atoms with Crippen LogP contribution in [-0.2, 0) is 0 Å². The highest BCUT2D eigenvalue weighted by Crippen LogP contribution is 2.36. The van der Waals surface area contributed by atoms with Crippen LogP contribution in [0.3, 0.4) is 0 Å². The van der Waals surface area contributed by atoms with Crippen LogP contribution in [0.1, 0.15) is 13.8 Å². The van der Waals surface area contributed by atoms with E-state index in [1.54, 1.807) is 26.0 Å². The molecule has 0 amide bonds. The molecule has 7 heteroatoms. The van der Waals surface area contributed by atoms with Gasteiger partial charge in [0.15, 0.2) is 0 Å². The summed E-state index contributed by atoms with van der Waals surface area (Å²) >= 11 is 0. The Morgan fingerprint density at radius 3 is 2.32 bits per heavy atom. The second-order valence-corrected chi connectivity index (χ2v) is 6.65. The molecule has 4 nitrogen and oxygen atoms in total. The van der Waals surface area contributed by atoms with Gasteiger partial charge in [-0.3, -0.25) is 0 Å². The van der Waals surface area contributed by atoms with Crippen LogP contribution >= 0.6 is 0 Å². The smallest absolute Gasteiger partial charge is 0.406 e. The van der Waals surface area contributed by atoms with Gasteiger partial charge in [0.2, 0.25) is 0 Å². The van der Waals surface area contributed by atoms with Crippen LogP contribution in [0.5, 0.6) is 5.75 Å². The van der Waals surface area contributed by atoms with E-state index in [4.69, 9.17) is 0 Å². The van der Waals surface area contributed by atoms with E-state index in [9.17, 15) is 18.3 Å². The maximum atomic E-state index is 12.2. The molecule has 0 aliphatic carbocycles. The number of benzene rings is 2. The molecule has 25 heavy (non-hydrogen) atoms. The van der Waals surface area contributed by atoms with Crippen LogP contribution in [0.25, 0.3) is 11.1 Å². The number of nitrogens with zero attached hydrogens (tertiary/aromatic N) is 1. The maximum absolute atomic E-state index is 12.2. The number of nitrogens with one attached hydrogen (secondary N) is 1. The Kier molecular flexibility index (Phi) is 4.28. The number of hydrogen-bond donors (Lipinski definition) is 2. The van der Waals surface area contributed by atoms with Gasteiger partial charge in [-0.05, 0) is 49.2 Å². The average molecular weight is 352 g/mol. The molecule has 0 unspecified atom stereocenters. The summed E-state index contributed by atoms with van der Waals surface area (Å²) in [5, 5.41) is 13.2. The molecule has 1 aliphatic rings. The molecule has 1 aliphatic heterocycles. The van der Waals surface area contributed by atoms with Crippen molar-refractivity contribution < 1.29 is 23.0 Å². The van der Waals surface area contributed by atoms with E-state index in [2.05, 4.69) is 10.1 Å². The van der Waals surface area contributed by atoms with E-state index in [0.29, 0.717) is 13.2 Å². The zero-order chi connectivity index (χ0) is 18.2. The molecule has 2 N–H and O–H groups in total. The minimum atomic E-state index is -4.69. The zero-order valence-electron chi connectivity index (χ0n) is 13.9. The van der Waals surface area contributed by atoms with Gasteiger partial charge in [-0.25, -0.2) is 0 Å². The molecular weight excluding hydrogens is 333 g/mol. The lowest BCUT2D eigenvalue weighted by Crippen LogP contribution is -2.38. The first-order valence-electron chi connectivity index (χ1n) is 7.82. The molecule has 2 aromatic carbocycles. The van der Waals surface area contributed by atoms with Crippen molar-refractivity contribution in [3.63, 3.8) is 0 Å². The van der Waals surface area contributed by atoms with E-state index in [1.165, 1.54) is 12.1 Å². The van der Waals surface area contributed by atoms with Gasteiger partial charge in [0, 0.05) is 6.54 Å². The Morgan fingerprint density at radius 1 is 1.08 bits per heavy atom. The first kappa shape index (κ1) is 17.4. The molecule has 0 aromatic heterocycles. The van der Waals surface area contributed by atoms with E-state index >= 15 is 0 Å². The van der Waals surface area contributed by atoms with Crippen LogP contribution in [0, 0.1) is 0 Å². The minimum absolute atomic E-state index is 0.244. The van der Waals surface area contributed by atoms with Crippen molar-refractivity contribution in [2.75, 3.05) is 23.4 Å². The fourth-order valence-electron chi connectivity index (χ4n) is 2.86. The van der Waals surface area contributed by atoms with Crippen molar-refractivity contribution in [2.24, 2.45) is 0 Å². The highest BCUT2D eigenvalue weighted by Gasteiger charge is 2.31. The summed E-state index contributed by atoms with van der Waals surface area (Å²) in [5.41, 5.74) is 2.78. The molecule has 3 rings (SSSR count). The standard InChI is InChI=1S/C18H19F3N2O2/c1-17(2,24)10-23-11-22-15-9-13(5-8-16(15)23)12-3-6-14(7-4-12)25-18(19,20)21/h3-9,22,24H,10-11H2,1-2H3. The first-order valence-corrected chi connectivity index (χ1v) is 7.82. The average Bonchev–Trinajstić information content (AvgIpc) is 2.87.